The molecule has 6 rings (SSSR count). The fraction of sp³-hybridized carbons (Fsp3) is 0.125. The van der Waals surface area contributed by atoms with E-state index in [1.54, 1.807) is 49.3 Å². The quantitative estimate of drug-likeness (QED) is 0.198. The van der Waals surface area contributed by atoms with E-state index in [1.807, 2.05) is 67.2 Å². The van der Waals surface area contributed by atoms with Gasteiger partial charge >= 0.3 is 0 Å². The van der Waals surface area contributed by atoms with Crippen molar-refractivity contribution in [2.45, 2.75) is 13.8 Å². The second kappa shape index (κ2) is 12.4. The Balaban J connectivity index is 0.000000156. The first kappa shape index (κ1) is 28.9. The molecule has 0 bridgehead atoms. The molecule has 2 aromatic carbocycles. The maximum atomic E-state index is 11.5. The summed E-state index contributed by atoms with van der Waals surface area (Å²) < 4.78 is 6.02. The Kier molecular flexibility index (Phi) is 8.72. The minimum Gasteiger partial charge on any atom is -0.361 e. The van der Waals surface area contributed by atoms with Crippen LogP contribution in [0.15, 0.2) is 99.5 Å². The van der Waals surface area contributed by atoms with E-state index in [-0.39, 0.29) is 11.1 Å². The molecule has 0 fully saturated rings. The van der Waals surface area contributed by atoms with Crippen molar-refractivity contribution < 1.29 is 0 Å². The summed E-state index contributed by atoms with van der Waals surface area (Å²) in [6.45, 7) is 18.0. The number of rotatable bonds is 1. The number of H-pyrrole nitrogens is 1. The van der Waals surface area contributed by atoms with E-state index in [0.29, 0.717) is 5.69 Å². The maximum absolute atomic E-state index is 11.5. The molecule has 0 spiro atoms. The summed E-state index contributed by atoms with van der Waals surface area (Å²) in [5, 5.41) is 2.13. The molecule has 1 N–H and O–H groups in total. The number of aromatic nitrogens is 4. The number of halogens is 1. The van der Waals surface area contributed by atoms with Crippen LogP contribution in [-0.4, -0.2) is 18.7 Å². The molecule has 4 aromatic heterocycles. The molecule has 0 aliphatic rings. The predicted molar refractivity (Wildman–Crippen MR) is 168 cm³/mol. The molecule has 8 nitrogen and oxygen atoms in total. The van der Waals surface area contributed by atoms with Gasteiger partial charge in [-0.2, -0.15) is 0 Å². The Morgan fingerprint density at radius 2 is 1.37 bits per heavy atom. The van der Waals surface area contributed by atoms with E-state index in [2.05, 4.69) is 30.6 Å². The second-order valence-electron chi connectivity index (χ2n) is 9.44. The van der Waals surface area contributed by atoms with Gasteiger partial charge in [0.15, 0.2) is 11.4 Å². The van der Waals surface area contributed by atoms with E-state index in [1.165, 1.54) is 10.6 Å². The summed E-state index contributed by atoms with van der Waals surface area (Å²) >= 11 is 3.24. The highest BCUT2D eigenvalue weighted by atomic mass is 79.9. The Morgan fingerprint density at radius 3 is 1.98 bits per heavy atom. The predicted octanol–water partition coefficient (Wildman–Crippen LogP) is 7.36. The summed E-state index contributed by atoms with van der Waals surface area (Å²) in [7, 11) is 3.45. The fourth-order valence-electron chi connectivity index (χ4n) is 4.22. The topological polar surface area (TPSA) is 73.4 Å². The van der Waals surface area contributed by atoms with Gasteiger partial charge < -0.3 is 18.7 Å². The molecule has 0 atom stereocenters. The lowest BCUT2D eigenvalue weighted by atomic mass is 10.1. The largest absolute Gasteiger partial charge is 0.361 e. The summed E-state index contributed by atoms with van der Waals surface area (Å²) in [6.07, 6.45) is 7.37. The van der Waals surface area contributed by atoms with Gasteiger partial charge in [0.05, 0.1) is 24.3 Å². The number of nitrogens with one attached hydrogen (secondary N) is 1. The van der Waals surface area contributed by atoms with Crippen LogP contribution in [0, 0.1) is 27.0 Å². The van der Waals surface area contributed by atoms with Gasteiger partial charge in [0.1, 0.15) is 0 Å². The summed E-state index contributed by atoms with van der Waals surface area (Å²) in [5.41, 5.74) is 6.44. The van der Waals surface area contributed by atoms with Crippen LogP contribution in [0.3, 0.4) is 0 Å². The Hall–Kier alpha value is -5.12. The lowest BCUT2D eigenvalue weighted by Gasteiger charge is -2.08. The minimum absolute atomic E-state index is 0.0122. The Bertz CT molecular complexity index is 2080. The van der Waals surface area contributed by atoms with Gasteiger partial charge in [-0.15, -0.1) is 0 Å². The van der Waals surface area contributed by atoms with Gasteiger partial charge in [0.2, 0.25) is 11.1 Å². The van der Waals surface area contributed by atoms with Crippen LogP contribution in [0.5, 0.6) is 0 Å². The molecule has 0 unspecified atom stereocenters. The number of hydrogen-bond donors (Lipinski definition) is 1. The zero-order chi connectivity index (χ0) is 29.7. The average Bonchev–Trinajstić information content (AvgIpc) is 3.58. The molecule has 41 heavy (non-hydrogen) atoms. The number of hydrogen-bond acceptors (Lipinski definition) is 2. The summed E-state index contributed by atoms with van der Waals surface area (Å²) in [5.74, 6) is 0. The highest BCUT2D eigenvalue weighted by Gasteiger charge is 2.07. The minimum atomic E-state index is -0.0308. The lowest BCUT2D eigenvalue weighted by Crippen LogP contribution is -2.15. The third-order valence-electron chi connectivity index (χ3n) is 6.52. The third-order valence-corrected chi connectivity index (χ3v) is 6.99. The molecule has 6 aromatic rings. The number of benzene rings is 2. The average molecular weight is 608 g/mol. The van der Waals surface area contributed by atoms with E-state index in [9.17, 15) is 9.59 Å². The SMILES string of the molecule is Cn1cc(Br)ccc1=O.[C-]#[N+]c1cc2cc[nH]c2cc1C.[C-]#[N+]c1cc2ccn(-c3ccc(=O)n(C)c3)c2cc1C. The van der Waals surface area contributed by atoms with E-state index in [0.717, 1.165) is 48.8 Å². The van der Waals surface area contributed by atoms with Crippen LogP contribution in [0.2, 0.25) is 0 Å². The lowest BCUT2D eigenvalue weighted by molar-refractivity contribution is 0.847. The van der Waals surface area contributed by atoms with E-state index in [4.69, 9.17) is 13.1 Å². The first-order valence-electron chi connectivity index (χ1n) is 12.5. The molecule has 9 heteroatoms. The normalized spacial score (nSPS) is 10.2. The van der Waals surface area contributed by atoms with Crippen molar-refractivity contribution in [1.29, 1.82) is 0 Å². The molecule has 4 heterocycles. The van der Waals surface area contributed by atoms with Crippen molar-refractivity contribution >= 4 is 49.1 Å². The molecular weight excluding hydrogens is 580 g/mol. The van der Waals surface area contributed by atoms with E-state index < -0.39 is 0 Å². The van der Waals surface area contributed by atoms with Crippen molar-refractivity contribution in [3.8, 4) is 5.69 Å². The second-order valence-corrected chi connectivity index (χ2v) is 10.4. The summed E-state index contributed by atoms with van der Waals surface area (Å²) in [4.78, 5) is 32.2. The number of pyridine rings is 2. The van der Waals surface area contributed by atoms with Crippen molar-refractivity contribution in [1.82, 2.24) is 18.7 Å². The molecule has 0 aliphatic carbocycles. The van der Waals surface area contributed by atoms with Crippen LogP contribution in [0.4, 0.5) is 11.4 Å². The zero-order valence-electron chi connectivity index (χ0n) is 23.0. The van der Waals surface area contributed by atoms with Crippen molar-refractivity contribution in [2.24, 2.45) is 14.1 Å². The van der Waals surface area contributed by atoms with Gasteiger partial charge in [-0.3, -0.25) is 9.59 Å². The van der Waals surface area contributed by atoms with Gasteiger partial charge in [-0.1, -0.05) is 0 Å². The zero-order valence-corrected chi connectivity index (χ0v) is 24.6. The first-order valence-corrected chi connectivity index (χ1v) is 13.3. The number of nitrogens with zero attached hydrogens (tertiary/aromatic N) is 5. The van der Waals surface area contributed by atoms with Crippen molar-refractivity contribution in [3.63, 3.8) is 0 Å². The maximum Gasteiger partial charge on any atom is 0.250 e. The highest BCUT2D eigenvalue weighted by molar-refractivity contribution is 9.10. The molecule has 0 radical (unpaired) electrons. The number of fused-ring (bicyclic) bond motifs is 2. The van der Waals surface area contributed by atoms with Gasteiger partial charge in [-0.25, -0.2) is 9.69 Å². The summed E-state index contributed by atoms with van der Waals surface area (Å²) in [6, 6.07) is 18.4. The van der Waals surface area contributed by atoms with Crippen LogP contribution < -0.4 is 11.1 Å². The smallest absolute Gasteiger partial charge is 0.250 e. The van der Waals surface area contributed by atoms with Crippen LogP contribution in [0.25, 0.3) is 37.2 Å². The van der Waals surface area contributed by atoms with E-state index >= 15 is 0 Å². The van der Waals surface area contributed by atoms with Crippen molar-refractivity contribution in [3.05, 3.63) is 145 Å². The standard InChI is InChI=1S/C16H13N3O.C10H8N2.C6H6BrNO/c1-11-8-15-12(9-14(11)17-2)6-7-19(15)13-4-5-16(20)18(3)10-13;1-7-5-10-8(3-4-12-10)6-9(7)11-2;1-8-4-5(7)2-3-6(8)9/h4-10H,1,3H3;3-6,12H,1H3;2-4H,1H3. The molecule has 0 saturated heterocycles. The highest BCUT2D eigenvalue weighted by Crippen LogP contribution is 2.28. The Morgan fingerprint density at radius 1 is 0.756 bits per heavy atom. The molecular formula is C32H27BrN6O2. The van der Waals surface area contributed by atoms with Gasteiger partial charge in [0.25, 0.3) is 0 Å². The van der Waals surface area contributed by atoms with Crippen LogP contribution in [0.1, 0.15) is 11.1 Å². The molecule has 204 valence electrons. The molecule has 0 saturated carbocycles. The monoisotopic (exact) mass is 606 g/mol. The van der Waals surface area contributed by atoms with Crippen LogP contribution >= 0.6 is 15.9 Å². The van der Waals surface area contributed by atoms with Gasteiger partial charge in [-0.05, 0) is 100 Å². The fourth-order valence-corrected chi connectivity index (χ4v) is 4.66. The molecule has 0 aliphatic heterocycles. The molecule has 0 amide bonds. The van der Waals surface area contributed by atoms with Gasteiger partial charge in [0, 0.05) is 61.0 Å². The Labute approximate surface area is 245 Å². The third kappa shape index (κ3) is 6.55. The number of aromatic amines is 1. The first-order chi connectivity index (χ1) is 19.6. The van der Waals surface area contributed by atoms with Crippen LogP contribution in [-0.2, 0) is 14.1 Å². The number of aryl methyl sites for hydroxylation is 4. The van der Waals surface area contributed by atoms with Crippen molar-refractivity contribution in [2.75, 3.05) is 0 Å².